The number of thioether (sulfide) groups is 1. The second kappa shape index (κ2) is 7.52. The number of nitrogens with zero attached hydrogens (tertiary/aromatic N) is 3. The summed E-state index contributed by atoms with van der Waals surface area (Å²) in [7, 11) is 0. The SMILES string of the molecule is Cc1ccc(CSc2nc(-c3ccc(C(C)(C)C)cc3)nc3cc(=O)[nH]n23)cc1. The number of aromatic amines is 1. The summed E-state index contributed by atoms with van der Waals surface area (Å²) >= 11 is 1.58. The Balaban J connectivity index is 1.70. The van der Waals surface area contributed by atoms with Gasteiger partial charge in [0.2, 0.25) is 0 Å². The molecule has 0 saturated heterocycles. The van der Waals surface area contributed by atoms with Gasteiger partial charge in [-0.2, -0.15) is 0 Å². The van der Waals surface area contributed by atoms with Crippen molar-refractivity contribution in [2.45, 2.75) is 44.0 Å². The molecule has 0 aliphatic heterocycles. The predicted molar refractivity (Wildman–Crippen MR) is 118 cm³/mol. The van der Waals surface area contributed by atoms with E-state index >= 15 is 0 Å². The van der Waals surface area contributed by atoms with Crippen molar-refractivity contribution in [1.29, 1.82) is 0 Å². The zero-order chi connectivity index (χ0) is 20.6. The molecule has 2 heterocycles. The van der Waals surface area contributed by atoms with Crippen LogP contribution < -0.4 is 5.56 Å². The fourth-order valence-corrected chi connectivity index (χ4v) is 3.97. The summed E-state index contributed by atoms with van der Waals surface area (Å²) in [5.74, 6) is 1.38. The quantitative estimate of drug-likeness (QED) is 0.487. The maximum atomic E-state index is 11.9. The molecule has 1 N–H and O–H groups in total. The second-order valence-electron chi connectivity index (χ2n) is 8.25. The minimum Gasteiger partial charge on any atom is -0.268 e. The van der Waals surface area contributed by atoms with Crippen molar-refractivity contribution in [3.8, 4) is 11.4 Å². The molecule has 4 aromatic rings. The molecule has 0 amide bonds. The lowest BCUT2D eigenvalue weighted by Gasteiger charge is -2.19. The number of fused-ring (bicyclic) bond motifs is 1. The Morgan fingerprint density at radius 3 is 2.34 bits per heavy atom. The molecule has 6 heteroatoms. The Morgan fingerprint density at radius 2 is 1.69 bits per heavy atom. The van der Waals surface area contributed by atoms with E-state index in [0.717, 1.165) is 11.3 Å². The fourth-order valence-electron chi connectivity index (χ4n) is 3.06. The Bertz CT molecular complexity index is 1200. The van der Waals surface area contributed by atoms with Crippen molar-refractivity contribution in [2.24, 2.45) is 0 Å². The molecule has 0 bridgehead atoms. The molecule has 0 aliphatic rings. The molecule has 0 spiro atoms. The van der Waals surface area contributed by atoms with Crippen LogP contribution in [0.5, 0.6) is 0 Å². The number of hydrogen-bond donors (Lipinski definition) is 1. The number of benzene rings is 2. The van der Waals surface area contributed by atoms with Gasteiger partial charge in [0.1, 0.15) is 0 Å². The number of aromatic nitrogens is 4. The van der Waals surface area contributed by atoms with Crippen LogP contribution in [0.1, 0.15) is 37.5 Å². The third-order valence-electron chi connectivity index (χ3n) is 4.82. The van der Waals surface area contributed by atoms with Gasteiger partial charge >= 0.3 is 0 Å². The zero-order valence-electron chi connectivity index (χ0n) is 17.1. The van der Waals surface area contributed by atoms with Crippen molar-refractivity contribution in [3.63, 3.8) is 0 Å². The van der Waals surface area contributed by atoms with E-state index in [2.05, 4.69) is 74.2 Å². The van der Waals surface area contributed by atoms with E-state index in [0.29, 0.717) is 16.6 Å². The molecule has 29 heavy (non-hydrogen) atoms. The molecule has 0 fully saturated rings. The molecule has 0 atom stereocenters. The summed E-state index contributed by atoms with van der Waals surface area (Å²) in [6.07, 6.45) is 0. The standard InChI is InChI=1S/C23H24N4OS/c1-15-5-7-16(8-6-15)14-29-22-25-21(24-19-13-20(28)26-27(19)22)17-9-11-18(12-10-17)23(2,3)4/h5-13H,14H2,1-4H3,(H,26,28). The highest BCUT2D eigenvalue weighted by atomic mass is 32.2. The zero-order valence-corrected chi connectivity index (χ0v) is 17.9. The van der Waals surface area contributed by atoms with Gasteiger partial charge in [0.15, 0.2) is 16.6 Å². The van der Waals surface area contributed by atoms with E-state index in [-0.39, 0.29) is 11.0 Å². The van der Waals surface area contributed by atoms with E-state index in [1.807, 2.05) is 12.1 Å². The summed E-state index contributed by atoms with van der Waals surface area (Å²) < 4.78 is 1.66. The number of H-pyrrole nitrogens is 1. The van der Waals surface area contributed by atoms with E-state index < -0.39 is 0 Å². The largest absolute Gasteiger partial charge is 0.268 e. The third-order valence-corrected chi connectivity index (χ3v) is 5.83. The third kappa shape index (κ3) is 4.27. The van der Waals surface area contributed by atoms with Gasteiger partial charge in [-0.3, -0.25) is 9.89 Å². The average molecular weight is 405 g/mol. The summed E-state index contributed by atoms with van der Waals surface area (Å²) in [6.45, 7) is 8.65. The lowest BCUT2D eigenvalue weighted by atomic mass is 9.87. The maximum Gasteiger partial charge on any atom is 0.266 e. The first-order chi connectivity index (χ1) is 13.8. The fraction of sp³-hybridized carbons (Fsp3) is 0.261. The summed E-state index contributed by atoms with van der Waals surface area (Å²) in [4.78, 5) is 21.2. The lowest BCUT2D eigenvalue weighted by molar-refractivity contribution is 0.590. The van der Waals surface area contributed by atoms with E-state index in [4.69, 9.17) is 4.98 Å². The highest BCUT2D eigenvalue weighted by molar-refractivity contribution is 7.98. The Morgan fingerprint density at radius 1 is 1.00 bits per heavy atom. The van der Waals surface area contributed by atoms with Crippen molar-refractivity contribution in [2.75, 3.05) is 0 Å². The summed E-state index contributed by atoms with van der Waals surface area (Å²) in [5.41, 5.74) is 5.12. The van der Waals surface area contributed by atoms with Crippen LogP contribution >= 0.6 is 11.8 Å². The molecule has 4 rings (SSSR count). The molecular formula is C23H24N4OS. The number of rotatable bonds is 4. The molecule has 0 saturated carbocycles. The predicted octanol–water partition coefficient (Wildman–Crippen LogP) is 4.98. The molecular weight excluding hydrogens is 380 g/mol. The minimum absolute atomic E-state index is 0.0896. The van der Waals surface area contributed by atoms with Crippen LogP contribution in [0.4, 0.5) is 0 Å². The first kappa shape index (κ1) is 19.5. The molecule has 0 aliphatic carbocycles. The van der Waals surface area contributed by atoms with Gasteiger partial charge in [0.25, 0.3) is 5.56 Å². The molecule has 0 radical (unpaired) electrons. The monoisotopic (exact) mass is 404 g/mol. The van der Waals surface area contributed by atoms with Crippen molar-refractivity contribution in [3.05, 3.63) is 81.6 Å². The van der Waals surface area contributed by atoms with Crippen LogP contribution in [0.2, 0.25) is 0 Å². The van der Waals surface area contributed by atoms with Crippen LogP contribution in [-0.4, -0.2) is 19.6 Å². The summed E-state index contributed by atoms with van der Waals surface area (Å²) in [5, 5.41) is 3.51. The van der Waals surface area contributed by atoms with Gasteiger partial charge in [-0.15, -0.1) is 0 Å². The lowest BCUT2D eigenvalue weighted by Crippen LogP contribution is -2.10. The number of hydrogen-bond acceptors (Lipinski definition) is 4. The average Bonchev–Trinajstić information content (AvgIpc) is 3.07. The Hall–Kier alpha value is -2.86. The van der Waals surface area contributed by atoms with Crippen molar-refractivity contribution < 1.29 is 0 Å². The molecule has 148 valence electrons. The maximum absolute atomic E-state index is 11.9. The first-order valence-corrected chi connectivity index (χ1v) is 10.6. The van der Waals surface area contributed by atoms with Gasteiger partial charge in [-0.25, -0.2) is 14.5 Å². The molecule has 2 aromatic carbocycles. The first-order valence-electron chi connectivity index (χ1n) is 9.59. The molecule has 0 unspecified atom stereocenters. The van der Waals surface area contributed by atoms with E-state index in [1.165, 1.54) is 22.8 Å². The van der Waals surface area contributed by atoms with E-state index in [9.17, 15) is 4.79 Å². The van der Waals surface area contributed by atoms with Crippen LogP contribution in [0.15, 0.2) is 64.5 Å². The van der Waals surface area contributed by atoms with Crippen LogP contribution in [0.25, 0.3) is 17.0 Å². The highest BCUT2D eigenvalue weighted by Gasteiger charge is 2.15. The van der Waals surface area contributed by atoms with Gasteiger partial charge in [-0.05, 0) is 23.5 Å². The van der Waals surface area contributed by atoms with Gasteiger partial charge < -0.3 is 0 Å². The van der Waals surface area contributed by atoms with Crippen LogP contribution in [0.3, 0.4) is 0 Å². The normalized spacial score (nSPS) is 11.9. The second-order valence-corrected chi connectivity index (χ2v) is 9.19. The van der Waals surface area contributed by atoms with Gasteiger partial charge in [0.05, 0.1) is 0 Å². The van der Waals surface area contributed by atoms with Crippen molar-refractivity contribution in [1.82, 2.24) is 19.6 Å². The van der Waals surface area contributed by atoms with Crippen molar-refractivity contribution >= 4 is 17.4 Å². The number of aryl methyl sites for hydroxylation is 1. The smallest absolute Gasteiger partial charge is 0.266 e. The van der Waals surface area contributed by atoms with Gasteiger partial charge in [0, 0.05) is 17.4 Å². The molecule has 5 nitrogen and oxygen atoms in total. The Labute approximate surface area is 174 Å². The van der Waals surface area contributed by atoms with E-state index in [1.54, 1.807) is 16.3 Å². The van der Waals surface area contributed by atoms with Crippen LogP contribution in [-0.2, 0) is 11.2 Å². The van der Waals surface area contributed by atoms with Gasteiger partial charge in [-0.1, -0.05) is 86.6 Å². The number of nitrogens with one attached hydrogen (secondary N) is 1. The minimum atomic E-state index is -0.184. The summed E-state index contributed by atoms with van der Waals surface area (Å²) in [6, 6.07) is 18.3. The molecule has 2 aromatic heterocycles. The highest BCUT2D eigenvalue weighted by Crippen LogP contribution is 2.27. The Kier molecular flexibility index (Phi) is 5.04. The topological polar surface area (TPSA) is 63.0 Å². The van der Waals surface area contributed by atoms with Crippen LogP contribution in [0, 0.1) is 6.92 Å².